The average molecular weight is 370 g/mol. The van der Waals surface area contributed by atoms with Gasteiger partial charge >= 0.3 is 0 Å². The Kier molecular flexibility index (Phi) is 4.63. The molecule has 0 aliphatic rings. The second kappa shape index (κ2) is 7.40. The second-order valence-electron chi connectivity index (χ2n) is 6.33. The first-order valence-corrected chi connectivity index (χ1v) is 8.76. The molecule has 0 aromatic carbocycles. The van der Waals surface area contributed by atoms with Gasteiger partial charge in [0.05, 0.1) is 17.1 Å². The maximum atomic E-state index is 12.8. The highest BCUT2D eigenvalue weighted by Gasteiger charge is 2.16. The zero-order valence-electron chi connectivity index (χ0n) is 15.5. The maximum absolute atomic E-state index is 12.8. The number of carbonyl (C=O) groups excluding carboxylic acids is 1. The highest BCUT2D eigenvalue weighted by molar-refractivity contribution is 6.04. The largest absolute Gasteiger partial charge is 0.317 e. The van der Waals surface area contributed by atoms with Crippen molar-refractivity contribution in [1.82, 2.24) is 24.7 Å². The van der Waals surface area contributed by atoms with E-state index in [9.17, 15) is 4.79 Å². The summed E-state index contributed by atoms with van der Waals surface area (Å²) in [7, 11) is 1.80. The number of nitrogens with zero attached hydrogens (tertiary/aromatic N) is 5. The highest BCUT2D eigenvalue weighted by atomic mass is 16.1. The van der Waals surface area contributed by atoms with Gasteiger partial charge in [-0.1, -0.05) is 12.1 Å². The minimum Gasteiger partial charge on any atom is -0.317 e. The van der Waals surface area contributed by atoms with Crippen molar-refractivity contribution < 1.29 is 4.79 Å². The van der Waals surface area contributed by atoms with Gasteiger partial charge in [-0.15, -0.1) is 0 Å². The van der Waals surface area contributed by atoms with Crippen molar-refractivity contribution in [2.24, 2.45) is 7.05 Å². The van der Waals surface area contributed by atoms with Crippen LogP contribution in [-0.2, 0) is 7.05 Å². The molecule has 0 fully saturated rings. The van der Waals surface area contributed by atoms with E-state index in [4.69, 9.17) is 0 Å². The summed E-state index contributed by atoms with van der Waals surface area (Å²) in [5.41, 5.74) is 4.72. The number of pyridine rings is 3. The van der Waals surface area contributed by atoms with E-state index in [2.05, 4.69) is 25.4 Å². The molecule has 0 unspecified atom stereocenters. The van der Waals surface area contributed by atoms with E-state index in [1.165, 1.54) is 0 Å². The molecule has 1 amide bonds. The third kappa shape index (κ3) is 3.64. The molecule has 4 aromatic rings. The molecule has 0 aliphatic heterocycles. The summed E-state index contributed by atoms with van der Waals surface area (Å²) < 4.78 is 1.64. The highest BCUT2D eigenvalue weighted by Crippen LogP contribution is 2.25. The smallest absolute Gasteiger partial charge is 0.274 e. The van der Waals surface area contributed by atoms with Crippen LogP contribution in [0.2, 0.25) is 0 Å². The summed E-state index contributed by atoms with van der Waals surface area (Å²) in [5, 5.41) is 7.31. The Morgan fingerprint density at radius 3 is 2.64 bits per heavy atom. The first kappa shape index (κ1) is 17.5. The summed E-state index contributed by atoms with van der Waals surface area (Å²) in [4.78, 5) is 25.8. The first-order valence-electron chi connectivity index (χ1n) is 8.76. The Morgan fingerprint density at radius 2 is 1.86 bits per heavy atom. The number of hydrogen-bond acceptors (Lipinski definition) is 5. The molecule has 4 rings (SSSR count). The Bertz CT molecular complexity index is 1140. The number of aromatic nitrogens is 5. The van der Waals surface area contributed by atoms with E-state index in [-0.39, 0.29) is 5.91 Å². The summed E-state index contributed by atoms with van der Waals surface area (Å²) in [6.07, 6.45) is 5.17. The standard InChI is InChI=1S/C21H18N6O/c1-14-12-15(9-11-22-14)16-7-5-8-18(24-16)21(28)25-19-13-27(2)26-20(19)17-6-3-4-10-23-17/h3-13H,1-2H3,(H,25,28). The van der Waals surface area contributed by atoms with Gasteiger partial charge in [0.2, 0.25) is 0 Å². The third-order valence-electron chi connectivity index (χ3n) is 4.16. The van der Waals surface area contributed by atoms with E-state index in [0.29, 0.717) is 28.5 Å². The number of carbonyl (C=O) groups is 1. The summed E-state index contributed by atoms with van der Waals surface area (Å²) in [6, 6.07) is 14.7. The number of amides is 1. The number of anilines is 1. The van der Waals surface area contributed by atoms with Crippen molar-refractivity contribution in [2.75, 3.05) is 5.32 Å². The summed E-state index contributed by atoms with van der Waals surface area (Å²) in [5.74, 6) is -0.308. The zero-order chi connectivity index (χ0) is 19.5. The minimum atomic E-state index is -0.308. The van der Waals surface area contributed by atoms with Crippen molar-refractivity contribution in [2.45, 2.75) is 6.92 Å². The topological polar surface area (TPSA) is 85.6 Å². The fourth-order valence-corrected chi connectivity index (χ4v) is 2.89. The van der Waals surface area contributed by atoms with Crippen LogP contribution < -0.4 is 5.32 Å². The van der Waals surface area contributed by atoms with Gasteiger partial charge in [-0.05, 0) is 43.3 Å². The lowest BCUT2D eigenvalue weighted by Gasteiger charge is -2.07. The van der Waals surface area contributed by atoms with Gasteiger partial charge < -0.3 is 5.32 Å². The van der Waals surface area contributed by atoms with Gasteiger partial charge in [0, 0.05) is 36.9 Å². The molecular weight excluding hydrogens is 352 g/mol. The molecule has 1 N–H and O–H groups in total. The van der Waals surface area contributed by atoms with Crippen LogP contribution >= 0.6 is 0 Å². The van der Waals surface area contributed by atoms with Crippen LogP contribution in [-0.4, -0.2) is 30.6 Å². The predicted octanol–water partition coefficient (Wildman–Crippen LogP) is 3.50. The molecule has 0 bridgehead atoms. The van der Waals surface area contributed by atoms with Crippen LogP contribution in [0.5, 0.6) is 0 Å². The molecule has 0 saturated heterocycles. The first-order chi connectivity index (χ1) is 13.6. The molecule has 0 spiro atoms. The SMILES string of the molecule is Cc1cc(-c2cccc(C(=O)Nc3cn(C)nc3-c3ccccn3)n2)ccn1. The summed E-state index contributed by atoms with van der Waals surface area (Å²) >= 11 is 0. The van der Waals surface area contributed by atoms with Crippen molar-refractivity contribution in [3.63, 3.8) is 0 Å². The molecule has 0 saturated carbocycles. The monoisotopic (exact) mass is 370 g/mol. The molecule has 0 aliphatic carbocycles. The molecule has 28 heavy (non-hydrogen) atoms. The number of aryl methyl sites for hydroxylation is 2. The van der Waals surface area contributed by atoms with Crippen molar-refractivity contribution >= 4 is 11.6 Å². The fraction of sp³-hybridized carbons (Fsp3) is 0.0952. The quantitative estimate of drug-likeness (QED) is 0.594. The van der Waals surface area contributed by atoms with Gasteiger partial charge in [-0.3, -0.25) is 19.4 Å². The number of nitrogens with one attached hydrogen (secondary N) is 1. The van der Waals surface area contributed by atoms with Crippen LogP contribution in [0.3, 0.4) is 0 Å². The van der Waals surface area contributed by atoms with E-state index in [0.717, 1.165) is 11.3 Å². The van der Waals surface area contributed by atoms with Crippen molar-refractivity contribution in [3.05, 3.63) is 78.5 Å². The lowest BCUT2D eigenvalue weighted by Crippen LogP contribution is -2.14. The van der Waals surface area contributed by atoms with Crippen LogP contribution in [0.15, 0.2) is 67.1 Å². The molecule has 138 valence electrons. The Labute approximate surface area is 162 Å². The van der Waals surface area contributed by atoms with Gasteiger partial charge in [-0.25, -0.2) is 4.98 Å². The van der Waals surface area contributed by atoms with Crippen LogP contribution in [0, 0.1) is 6.92 Å². The van der Waals surface area contributed by atoms with E-state index < -0.39 is 0 Å². The average Bonchev–Trinajstić information content (AvgIpc) is 3.09. The van der Waals surface area contributed by atoms with Crippen molar-refractivity contribution in [3.8, 4) is 22.6 Å². The Morgan fingerprint density at radius 1 is 1.00 bits per heavy atom. The molecule has 7 heteroatoms. The van der Waals surface area contributed by atoms with Crippen LogP contribution in [0.4, 0.5) is 5.69 Å². The molecular formula is C21H18N6O. The number of hydrogen-bond donors (Lipinski definition) is 1. The molecule has 0 atom stereocenters. The minimum absolute atomic E-state index is 0.308. The van der Waals surface area contributed by atoms with Crippen LogP contribution in [0.25, 0.3) is 22.6 Å². The molecule has 0 radical (unpaired) electrons. The van der Waals surface area contributed by atoms with E-state index >= 15 is 0 Å². The van der Waals surface area contributed by atoms with Gasteiger partial charge in [0.25, 0.3) is 5.91 Å². The normalized spacial score (nSPS) is 10.6. The second-order valence-corrected chi connectivity index (χ2v) is 6.33. The summed E-state index contributed by atoms with van der Waals surface area (Å²) in [6.45, 7) is 1.92. The third-order valence-corrected chi connectivity index (χ3v) is 4.16. The predicted molar refractivity (Wildman–Crippen MR) is 107 cm³/mol. The fourth-order valence-electron chi connectivity index (χ4n) is 2.89. The Balaban J connectivity index is 1.63. The molecule has 4 aromatic heterocycles. The lowest BCUT2D eigenvalue weighted by molar-refractivity contribution is 0.102. The number of rotatable bonds is 4. The Hall–Kier alpha value is -3.87. The van der Waals surface area contributed by atoms with E-state index in [1.54, 1.807) is 36.4 Å². The molecule has 4 heterocycles. The van der Waals surface area contributed by atoms with Crippen molar-refractivity contribution in [1.29, 1.82) is 0 Å². The van der Waals surface area contributed by atoms with Gasteiger partial charge in [-0.2, -0.15) is 5.10 Å². The van der Waals surface area contributed by atoms with Crippen LogP contribution in [0.1, 0.15) is 16.2 Å². The molecule has 7 nitrogen and oxygen atoms in total. The zero-order valence-corrected chi connectivity index (χ0v) is 15.5. The lowest BCUT2D eigenvalue weighted by atomic mass is 10.1. The van der Waals surface area contributed by atoms with Gasteiger partial charge in [0.1, 0.15) is 11.4 Å². The maximum Gasteiger partial charge on any atom is 0.274 e. The van der Waals surface area contributed by atoms with Gasteiger partial charge in [0.15, 0.2) is 0 Å². The van der Waals surface area contributed by atoms with E-state index in [1.807, 2.05) is 49.4 Å².